The molecule has 0 spiro atoms. The minimum atomic E-state index is -4.38. The summed E-state index contributed by atoms with van der Waals surface area (Å²) in [5.74, 6) is 5.15. The van der Waals surface area contributed by atoms with Crippen LogP contribution in [0, 0.1) is 0 Å². The van der Waals surface area contributed by atoms with Gasteiger partial charge in [-0.05, 0) is 18.2 Å². The van der Waals surface area contributed by atoms with Gasteiger partial charge in [-0.2, -0.15) is 13.2 Å². The van der Waals surface area contributed by atoms with Crippen LogP contribution in [0.15, 0.2) is 24.3 Å². The number of rotatable bonds is 4. The molecular weight excluding hydrogens is 235 g/mol. The molecule has 2 N–H and O–H groups in total. The molecule has 0 aliphatic rings. The molecule has 94 valence electrons. The van der Waals surface area contributed by atoms with E-state index in [4.69, 9.17) is 10.6 Å². The zero-order chi connectivity index (χ0) is 12.9. The van der Waals surface area contributed by atoms with Crippen molar-refractivity contribution in [3.8, 4) is 5.75 Å². The average molecular weight is 247 g/mol. The molecule has 0 saturated carbocycles. The Bertz CT molecular complexity index is 402. The fourth-order valence-electron chi connectivity index (χ4n) is 1.27. The van der Waals surface area contributed by atoms with Gasteiger partial charge in [0.05, 0.1) is 19.3 Å². The molecule has 0 heterocycles. The van der Waals surface area contributed by atoms with Gasteiger partial charge < -0.3 is 9.57 Å². The molecule has 0 unspecified atom stereocenters. The van der Waals surface area contributed by atoms with Crippen molar-refractivity contribution in [3.05, 3.63) is 35.4 Å². The highest BCUT2D eigenvalue weighted by atomic mass is 19.4. The summed E-state index contributed by atoms with van der Waals surface area (Å²) in [5, 5.41) is 0. The van der Waals surface area contributed by atoms with Crippen LogP contribution in [-0.4, -0.2) is 13.7 Å². The van der Waals surface area contributed by atoms with Crippen molar-refractivity contribution in [1.82, 2.24) is 0 Å². The van der Waals surface area contributed by atoms with Gasteiger partial charge in [-0.15, -0.1) is 0 Å². The van der Waals surface area contributed by atoms with Crippen LogP contribution in [0.4, 0.5) is 13.2 Å². The molecule has 0 aromatic heterocycles. The van der Waals surface area contributed by atoms with Gasteiger partial charge in [0, 0.05) is 5.56 Å². The van der Waals surface area contributed by atoms with E-state index in [9.17, 15) is 13.2 Å². The van der Waals surface area contributed by atoms with Crippen LogP contribution >= 0.6 is 0 Å². The number of halogens is 3. The van der Waals surface area contributed by atoms with Gasteiger partial charge in [-0.3, -0.25) is 0 Å². The first-order valence-electron chi connectivity index (χ1n) is 4.72. The second kappa shape index (κ2) is 5.70. The Morgan fingerprint density at radius 3 is 2.59 bits per heavy atom. The molecule has 3 nitrogen and oxygen atoms in total. The lowest BCUT2D eigenvalue weighted by molar-refractivity contribution is -0.137. The molecule has 0 amide bonds. The molecule has 1 aromatic rings. The molecule has 6 heteroatoms. The van der Waals surface area contributed by atoms with Crippen LogP contribution < -0.4 is 10.6 Å². The lowest BCUT2D eigenvalue weighted by Crippen LogP contribution is -2.05. The number of alkyl halides is 3. The predicted octanol–water partition coefficient (Wildman–Crippen LogP) is 2.62. The van der Waals surface area contributed by atoms with Crippen molar-refractivity contribution in [3.63, 3.8) is 0 Å². The Labute approximate surface area is 96.6 Å². The number of ether oxygens (including phenoxy) is 1. The second-order valence-electron chi connectivity index (χ2n) is 3.19. The number of nitrogens with two attached hydrogens (primary N) is 1. The standard InChI is InChI=1S/C11H12F3NO2/c1-16-10-5-4-9(11(12,13)14)7-8(10)3-2-6-17-15/h2-5,7H,6,15H2,1H3/b3-2+. The third kappa shape index (κ3) is 3.76. The Kier molecular flexibility index (Phi) is 4.53. The van der Waals surface area contributed by atoms with Crippen molar-refractivity contribution in [2.45, 2.75) is 6.18 Å². The van der Waals surface area contributed by atoms with Gasteiger partial charge in [-0.25, -0.2) is 5.90 Å². The van der Waals surface area contributed by atoms with Crippen LogP contribution in [0.2, 0.25) is 0 Å². The number of hydrogen-bond donors (Lipinski definition) is 1. The predicted molar refractivity (Wildman–Crippen MR) is 57.2 cm³/mol. The van der Waals surface area contributed by atoms with E-state index in [0.29, 0.717) is 11.3 Å². The van der Waals surface area contributed by atoms with Crippen LogP contribution in [0.25, 0.3) is 6.08 Å². The minimum Gasteiger partial charge on any atom is -0.496 e. The third-order valence-corrected chi connectivity index (χ3v) is 2.05. The van der Waals surface area contributed by atoms with Gasteiger partial charge in [0.2, 0.25) is 0 Å². The van der Waals surface area contributed by atoms with E-state index in [0.717, 1.165) is 12.1 Å². The van der Waals surface area contributed by atoms with E-state index in [1.165, 1.54) is 25.3 Å². The first-order valence-corrected chi connectivity index (χ1v) is 4.72. The Morgan fingerprint density at radius 1 is 1.35 bits per heavy atom. The number of hydrogen-bond acceptors (Lipinski definition) is 3. The lowest BCUT2D eigenvalue weighted by Gasteiger charge is -2.10. The van der Waals surface area contributed by atoms with E-state index in [1.54, 1.807) is 0 Å². The van der Waals surface area contributed by atoms with Gasteiger partial charge in [-0.1, -0.05) is 12.2 Å². The van der Waals surface area contributed by atoms with Crippen molar-refractivity contribution in [1.29, 1.82) is 0 Å². The lowest BCUT2D eigenvalue weighted by atomic mass is 10.1. The molecule has 0 aliphatic carbocycles. The quantitative estimate of drug-likeness (QED) is 0.832. The zero-order valence-electron chi connectivity index (χ0n) is 9.12. The molecule has 0 radical (unpaired) electrons. The van der Waals surface area contributed by atoms with E-state index < -0.39 is 11.7 Å². The Balaban J connectivity index is 3.07. The Morgan fingerprint density at radius 2 is 2.06 bits per heavy atom. The summed E-state index contributed by atoms with van der Waals surface area (Å²) in [4.78, 5) is 4.28. The maximum absolute atomic E-state index is 12.5. The molecule has 0 saturated heterocycles. The first-order chi connectivity index (χ1) is 7.99. The van der Waals surface area contributed by atoms with Crippen molar-refractivity contribution in [2.24, 2.45) is 5.90 Å². The maximum Gasteiger partial charge on any atom is 0.416 e. The van der Waals surface area contributed by atoms with E-state index in [1.807, 2.05) is 0 Å². The van der Waals surface area contributed by atoms with Crippen molar-refractivity contribution in [2.75, 3.05) is 13.7 Å². The van der Waals surface area contributed by atoms with Gasteiger partial charge in [0.25, 0.3) is 0 Å². The average Bonchev–Trinajstić information content (AvgIpc) is 2.28. The van der Waals surface area contributed by atoms with E-state index in [2.05, 4.69) is 4.84 Å². The topological polar surface area (TPSA) is 44.5 Å². The highest BCUT2D eigenvalue weighted by Crippen LogP contribution is 2.32. The molecule has 1 rings (SSSR count). The van der Waals surface area contributed by atoms with E-state index >= 15 is 0 Å². The molecule has 0 aliphatic heterocycles. The first kappa shape index (κ1) is 13.5. The molecule has 17 heavy (non-hydrogen) atoms. The van der Waals surface area contributed by atoms with Crippen molar-refractivity contribution >= 4 is 6.08 Å². The van der Waals surface area contributed by atoms with Crippen LogP contribution in [0.5, 0.6) is 5.75 Å². The summed E-state index contributed by atoms with van der Waals surface area (Å²) in [6.45, 7) is 0.111. The summed E-state index contributed by atoms with van der Waals surface area (Å²) in [7, 11) is 1.39. The molecule has 1 aromatic carbocycles. The van der Waals surface area contributed by atoms with E-state index in [-0.39, 0.29) is 6.61 Å². The van der Waals surface area contributed by atoms with Crippen molar-refractivity contribution < 1.29 is 22.7 Å². The van der Waals surface area contributed by atoms with Gasteiger partial charge >= 0.3 is 6.18 Å². The van der Waals surface area contributed by atoms with Crippen LogP contribution in [0.1, 0.15) is 11.1 Å². The largest absolute Gasteiger partial charge is 0.496 e. The summed E-state index contributed by atoms with van der Waals surface area (Å²) < 4.78 is 42.4. The van der Waals surface area contributed by atoms with Gasteiger partial charge in [0.1, 0.15) is 5.75 Å². The Hall–Kier alpha value is -1.53. The number of benzene rings is 1. The molecular formula is C11H12F3NO2. The highest BCUT2D eigenvalue weighted by molar-refractivity contribution is 5.58. The smallest absolute Gasteiger partial charge is 0.416 e. The van der Waals surface area contributed by atoms with Crippen LogP contribution in [-0.2, 0) is 11.0 Å². The molecule has 0 atom stereocenters. The molecule has 0 fully saturated rings. The number of methoxy groups -OCH3 is 1. The monoisotopic (exact) mass is 247 g/mol. The van der Waals surface area contributed by atoms with Gasteiger partial charge in [0.15, 0.2) is 0 Å². The minimum absolute atomic E-state index is 0.111. The third-order valence-electron chi connectivity index (χ3n) is 2.05. The fourth-order valence-corrected chi connectivity index (χ4v) is 1.27. The SMILES string of the molecule is COc1ccc(C(F)(F)F)cc1/C=C/CON. The second-order valence-corrected chi connectivity index (χ2v) is 3.19. The highest BCUT2D eigenvalue weighted by Gasteiger charge is 2.30. The summed E-state index contributed by atoms with van der Waals surface area (Å²) >= 11 is 0. The summed E-state index contributed by atoms with van der Waals surface area (Å²) in [5.41, 5.74) is -0.411. The normalized spacial score (nSPS) is 12.1. The maximum atomic E-state index is 12.5. The zero-order valence-corrected chi connectivity index (χ0v) is 9.12. The summed E-state index contributed by atoms with van der Waals surface area (Å²) in [6, 6.07) is 3.24. The van der Waals surface area contributed by atoms with Crippen LogP contribution in [0.3, 0.4) is 0 Å². The summed E-state index contributed by atoms with van der Waals surface area (Å²) in [6.07, 6.45) is -1.42. The fraction of sp³-hybridized carbons (Fsp3) is 0.273. The molecule has 0 bridgehead atoms.